The van der Waals surface area contributed by atoms with Crippen molar-refractivity contribution in [1.29, 1.82) is 5.26 Å². The number of nitriles is 1. The molecule has 0 saturated heterocycles. The van der Waals surface area contributed by atoms with Gasteiger partial charge >= 0.3 is 5.97 Å². The number of esters is 1. The van der Waals surface area contributed by atoms with Gasteiger partial charge in [0.25, 0.3) is 0 Å². The number of nitrogens with zero attached hydrogens (tertiary/aromatic N) is 2. The number of fused-ring (bicyclic) bond motifs is 3. The van der Waals surface area contributed by atoms with Crippen LogP contribution in [-0.2, 0) is 9.53 Å². The highest BCUT2D eigenvalue weighted by Crippen LogP contribution is 2.48. The molecule has 0 spiro atoms. The van der Waals surface area contributed by atoms with E-state index in [-0.39, 0.29) is 11.9 Å². The molecule has 0 aliphatic carbocycles. The number of carbonyl (C=O) groups is 1. The number of ether oxygens (including phenoxy) is 1. The highest BCUT2D eigenvalue weighted by molar-refractivity contribution is 5.91. The molecule has 2 aliphatic heterocycles. The summed E-state index contributed by atoms with van der Waals surface area (Å²) in [5.41, 5.74) is 5.51. The lowest BCUT2D eigenvalue weighted by Gasteiger charge is -2.30. The number of carbonyl (C=O) groups excluding carboxylic acids is 1. The van der Waals surface area contributed by atoms with Crippen LogP contribution >= 0.6 is 0 Å². The predicted octanol–water partition coefficient (Wildman–Crippen LogP) is 4.25. The summed E-state index contributed by atoms with van der Waals surface area (Å²) in [5, 5.41) is 10.0. The fraction of sp³-hybridized carbons (Fsp3) is 0.217. The van der Waals surface area contributed by atoms with Gasteiger partial charge in [-0.05, 0) is 31.1 Å². The van der Waals surface area contributed by atoms with Crippen LogP contribution in [0.3, 0.4) is 0 Å². The molecule has 0 unspecified atom stereocenters. The minimum absolute atomic E-state index is 0.307. The average Bonchev–Trinajstić information content (AvgIpc) is 3.03. The van der Waals surface area contributed by atoms with Crippen LogP contribution in [0.2, 0.25) is 0 Å². The van der Waals surface area contributed by atoms with Gasteiger partial charge in [-0.25, -0.2) is 4.79 Å². The first-order valence-corrected chi connectivity index (χ1v) is 9.09. The first-order chi connectivity index (χ1) is 13.2. The smallest absolute Gasteiger partial charge is 0.330 e. The molecule has 4 heteroatoms. The van der Waals surface area contributed by atoms with Crippen LogP contribution < -0.4 is 0 Å². The second-order valence-corrected chi connectivity index (χ2v) is 6.77. The van der Waals surface area contributed by atoms with E-state index in [1.54, 1.807) is 6.92 Å². The summed E-state index contributed by atoms with van der Waals surface area (Å²) in [7, 11) is 0. The number of hydrogen-bond donors (Lipinski definition) is 0. The Kier molecular flexibility index (Phi) is 4.29. The molecule has 4 rings (SSSR count). The Morgan fingerprint density at radius 1 is 1.19 bits per heavy atom. The van der Waals surface area contributed by atoms with E-state index in [2.05, 4.69) is 6.07 Å². The van der Waals surface area contributed by atoms with E-state index in [1.807, 2.05) is 72.6 Å². The topological polar surface area (TPSA) is 53.3 Å². The maximum absolute atomic E-state index is 12.9. The average molecular weight is 356 g/mol. The molecule has 0 saturated carbocycles. The molecule has 0 aromatic heterocycles. The lowest BCUT2D eigenvalue weighted by Crippen LogP contribution is -2.38. The molecule has 27 heavy (non-hydrogen) atoms. The highest BCUT2D eigenvalue weighted by atomic mass is 16.5. The molecule has 0 fully saturated rings. The largest absolute Gasteiger partial charge is 0.464 e. The molecule has 2 heterocycles. The van der Waals surface area contributed by atoms with Gasteiger partial charge in [-0.2, -0.15) is 5.26 Å². The van der Waals surface area contributed by atoms with Crippen molar-refractivity contribution in [1.82, 2.24) is 4.90 Å². The number of hydrogen-bond acceptors (Lipinski definition) is 4. The molecular weight excluding hydrogens is 336 g/mol. The van der Waals surface area contributed by atoms with E-state index in [9.17, 15) is 10.1 Å². The normalized spacial score (nSPS) is 20.1. The number of rotatable bonds is 3. The lowest BCUT2D eigenvalue weighted by molar-refractivity contribution is -0.147. The number of benzene rings is 2. The molecule has 0 amide bonds. The van der Waals surface area contributed by atoms with Crippen LogP contribution in [0.4, 0.5) is 0 Å². The van der Waals surface area contributed by atoms with Crippen molar-refractivity contribution in [3.8, 4) is 6.07 Å². The summed E-state index contributed by atoms with van der Waals surface area (Å²) >= 11 is 0. The van der Waals surface area contributed by atoms with Crippen molar-refractivity contribution in [2.75, 3.05) is 6.61 Å². The van der Waals surface area contributed by atoms with E-state index in [1.165, 1.54) is 0 Å². The zero-order valence-corrected chi connectivity index (χ0v) is 15.3. The molecule has 0 radical (unpaired) electrons. The zero-order chi connectivity index (χ0) is 19.0. The van der Waals surface area contributed by atoms with Crippen LogP contribution in [0.15, 0.2) is 60.3 Å². The van der Waals surface area contributed by atoms with Crippen molar-refractivity contribution in [2.45, 2.75) is 25.8 Å². The Balaban J connectivity index is 1.93. The summed E-state index contributed by atoms with van der Waals surface area (Å²) in [6.45, 7) is 4.13. The maximum Gasteiger partial charge on any atom is 0.330 e. The van der Waals surface area contributed by atoms with Crippen molar-refractivity contribution in [2.24, 2.45) is 0 Å². The Labute approximate surface area is 159 Å². The molecule has 2 aromatic rings. The SMILES string of the molecule is CCOC(=O)[C@H]1[C@H](c2ccc(C)cc2)C(C#N)=C2c3ccccc3C=CN21. The second kappa shape index (κ2) is 6.77. The third kappa shape index (κ3) is 2.72. The number of aryl methyl sites for hydroxylation is 1. The summed E-state index contributed by atoms with van der Waals surface area (Å²) in [6, 6.07) is 17.8. The van der Waals surface area contributed by atoms with Crippen LogP contribution in [-0.4, -0.2) is 23.5 Å². The van der Waals surface area contributed by atoms with Gasteiger partial charge in [0.15, 0.2) is 0 Å². The quantitative estimate of drug-likeness (QED) is 0.772. The molecule has 2 atom stereocenters. The zero-order valence-electron chi connectivity index (χ0n) is 15.3. The van der Waals surface area contributed by atoms with E-state index < -0.39 is 6.04 Å². The Bertz CT molecular complexity index is 996. The molecule has 0 bridgehead atoms. The standard InChI is InChI=1S/C23H20N2O2/c1-3-27-23(26)22-20(17-10-8-15(2)9-11-17)19(14-24)21-18-7-5-4-6-16(18)12-13-25(21)22/h4-13,20,22H,3H2,1-2H3/t20-,22-/m1/s1. The second-order valence-electron chi connectivity index (χ2n) is 6.77. The molecule has 0 N–H and O–H groups in total. The van der Waals surface area contributed by atoms with E-state index in [4.69, 9.17) is 4.74 Å². The van der Waals surface area contributed by atoms with Gasteiger partial charge in [-0.3, -0.25) is 0 Å². The summed E-state index contributed by atoms with van der Waals surface area (Å²) in [6.07, 6.45) is 3.88. The Morgan fingerprint density at radius 2 is 1.93 bits per heavy atom. The lowest BCUT2D eigenvalue weighted by atomic mass is 9.86. The maximum atomic E-state index is 12.9. The Morgan fingerprint density at radius 3 is 2.63 bits per heavy atom. The van der Waals surface area contributed by atoms with Crippen molar-refractivity contribution >= 4 is 17.7 Å². The minimum Gasteiger partial charge on any atom is -0.464 e. The van der Waals surface area contributed by atoms with Gasteiger partial charge in [0, 0.05) is 11.8 Å². The van der Waals surface area contributed by atoms with Gasteiger partial charge in [-0.1, -0.05) is 54.1 Å². The summed E-state index contributed by atoms with van der Waals surface area (Å²) in [5.74, 6) is -0.671. The minimum atomic E-state index is -0.582. The van der Waals surface area contributed by atoms with Gasteiger partial charge in [-0.15, -0.1) is 0 Å². The van der Waals surface area contributed by atoms with Crippen LogP contribution in [0.1, 0.15) is 35.1 Å². The first-order valence-electron chi connectivity index (χ1n) is 9.09. The third-order valence-electron chi connectivity index (χ3n) is 5.16. The molecular formula is C23H20N2O2. The van der Waals surface area contributed by atoms with Gasteiger partial charge in [0.1, 0.15) is 6.04 Å². The fourth-order valence-electron chi connectivity index (χ4n) is 3.94. The van der Waals surface area contributed by atoms with Crippen molar-refractivity contribution in [3.05, 3.63) is 82.6 Å². The van der Waals surface area contributed by atoms with Gasteiger partial charge in [0.2, 0.25) is 0 Å². The Hall–Kier alpha value is -3.32. The van der Waals surface area contributed by atoms with Crippen molar-refractivity contribution < 1.29 is 9.53 Å². The fourth-order valence-corrected chi connectivity index (χ4v) is 3.94. The van der Waals surface area contributed by atoms with Crippen LogP contribution in [0.5, 0.6) is 0 Å². The monoisotopic (exact) mass is 356 g/mol. The first kappa shape index (κ1) is 17.1. The van der Waals surface area contributed by atoms with Gasteiger partial charge in [0.05, 0.1) is 29.9 Å². The van der Waals surface area contributed by atoms with Crippen LogP contribution in [0, 0.1) is 18.3 Å². The van der Waals surface area contributed by atoms with Crippen LogP contribution in [0.25, 0.3) is 11.8 Å². The highest BCUT2D eigenvalue weighted by Gasteiger charge is 2.47. The summed E-state index contributed by atoms with van der Waals surface area (Å²) < 4.78 is 5.38. The van der Waals surface area contributed by atoms with Gasteiger partial charge < -0.3 is 9.64 Å². The van der Waals surface area contributed by atoms with Crippen molar-refractivity contribution in [3.63, 3.8) is 0 Å². The van der Waals surface area contributed by atoms with E-state index in [0.717, 1.165) is 28.0 Å². The molecule has 2 aliphatic rings. The van der Waals surface area contributed by atoms with E-state index in [0.29, 0.717) is 12.2 Å². The summed E-state index contributed by atoms with van der Waals surface area (Å²) in [4.78, 5) is 14.8. The van der Waals surface area contributed by atoms with E-state index >= 15 is 0 Å². The molecule has 2 aromatic carbocycles. The molecule has 134 valence electrons. The predicted molar refractivity (Wildman–Crippen MR) is 104 cm³/mol. The third-order valence-corrected chi connectivity index (χ3v) is 5.16. The molecule has 4 nitrogen and oxygen atoms in total.